The zero-order chi connectivity index (χ0) is 19.3. The van der Waals surface area contributed by atoms with Gasteiger partial charge < -0.3 is 11.1 Å². The number of halogens is 1. The third-order valence-corrected chi connectivity index (χ3v) is 6.65. The minimum absolute atomic E-state index is 0. The second kappa shape index (κ2) is 10.2. The van der Waals surface area contributed by atoms with Gasteiger partial charge in [-0.25, -0.2) is 13.4 Å². The van der Waals surface area contributed by atoms with Crippen molar-refractivity contribution in [2.75, 3.05) is 18.4 Å². The van der Waals surface area contributed by atoms with E-state index in [4.69, 9.17) is 5.73 Å². The maximum Gasteiger partial charge on any atom is 0.243 e. The number of nitrogens with one attached hydrogen (secondary N) is 1. The number of sulfonamides is 1. The molecule has 1 saturated heterocycles. The summed E-state index contributed by atoms with van der Waals surface area (Å²) < 4.78 is 27.6. The van der Waals surface area contributed by atoms with E-state index < -0.39 is 10.0 Å². The van der Waals surface area contributed by atoms with Crippen molar-refractivity contribution in [3.8, 4) is 0 Å². The number of benzene rings is 2. The van der Waals surface area contributed by atoms with Crippen LogP contribution in [0.5, 0.6) is 0 Å². The number of piperidine rings is 1. The Morgan fingerprint density at radius 2 is 1.71 bits per heavy atom. The minimum atomic E-state index is -3.50. The molecule has 8 heteroatoms. The Morgan fingerprint density at radius 3 is 2.39 bits per heavy atom. The molecule has 1 fully saturated rings. The van der Waals surface area contributed by atoms with Crippen molar-refractivity contribution in [2.45, 2.75) is 37.6 Å². The van der Waals surface area contributed by atoms with Crippen LogP contribution in [-0.4, -0.2) is 31.8 Å². The molecule has 2 aromatic rings. The molecule has 28 heavy (non-hydrogen) atoms. The molecular formula is C20H27IN4O2S. The molecule has 6 nitrogen and oxygen atoms in total. The van der Waals surface area contributed by atoms with E-state index in [0.717, 1.165) is 30.5 Å². The van der Waals surface area contributed by atoms with Crippen LogP contribution >= 0.6 is 24.0 Å². The average Bonchev–Trinajstić information content (AvgIpc) is 2.69. The first kappa shape index (κ1) is 22.6. The summed E-state index contributed by atoms with van der Waals surface area (Å²) in [5.74, 6) is 0.254. The van der Waals surface area contributed by atoms with Crippen LogP contribution in [0.2, 0.25) is 0 Å². The van der Waals surface area contributed by atoms with Crippen molar-refractivity contribution in [1.29, 1.82) is 0 Å². The first-order chi connectivity index (χ1) is 13.0. The zero-order valence-corrected chi connectivity index (χ0v) is 19.1. The smallest absolute Gasteiger partial charge is 0.243 e. The van der Waals surface area contributed by atoms with Crippen molar-refractivity contribution in [3.05, 3.63) is 59.7 Å². The molecule has 0 aliphatic carbocycles. The second-order valence-corrected chi connectivity index (χ2v) is 8.67. The number of nitrogens with two attached hydrogens (primary N) is 1. The summed E-state index contributed by atoms with van der Waals surface area (Å²) in [6.45, 7) is 3.38. The van der Waals surface area contributed by atoms with Gasteiger partial charge in [0.25, 0.3) is 0 Å². The molecule has 1 aliphatic rings. The minimum Gasteiger partial charge on any atom is -0.370 e. The van der Waals surface area contributed by atoms with Gasteiger partial charge >= 0.3 is 0 Å². The van der Waals surface area contributed by atoms with Gasteiger partial charge in [-0.15, -0.1) is 24.0 Å². The zero-order valence-electron chi connectivity index (χ0n) is 16.0. The molecule has 0 unspecified atom stereocenters. The standard InChI is InChI=1S/C20H26N4O2S.HI/c1-16-9-11-18(12-10-16)23-20(21)22-15-17-7-3-4-8-19(17)27(25,26)24-13-5-2-6-14-24;/h3-4,7-12H,2,5-6,13-15H2,1H3,(H3,21,22,23);1H. The molecule has 0 saturated carbocycles. The highest BCUT2D eigenvalue weighted by Gasteiger charge is 2.27. The fraction of sp³-hybridized carbons (Fsp3) is 0.350. The lowest BCUT2D eigenvalue weighted by molar-refractivity contribution is 0.346. The van der Waals surface area contributed by atoms with E-state index in [1.54, 1.807) is 22.5 Å². The predicted octanol–water partition coefficient (Wildman–Crippen LogP) is 3.71. The molecule has 0 amide bonds. The second-order valence-electron chi connectivity index (χ2n) is 6.76. The Labute approximate surface area is 184 Å². The molecule has 0 atom stereocenters. The third-order valence-electron chi connectivity index (χ3n) is 4.65. The van der Waals surface area contributed by atoms with E-state index in [9.17, 15) is 8.42 Å². The molecule has 0 spiro atoms. The molecule has 0 radical (unpaired) electrons. The van der Waals surface area contributed by atoms with Gasteiger partial charge in [0.05, 0.1) is 11.4 Å². The molecule has 152 valence electrons. The number of hydrogen-bond donors (Lipinski definition) is 2. The summed E-state index contributed by atoms with van der Waals surface area (Å²) in [5.41, 5.74) is 8.63. The number of rotatable bonds is 5. The number of aliphatic imine (C=N–C) groups is 1. The quantitative estimate of drug-likeness (QED) is 0.362. The first-order valence-corrected chi connectivity index (χ1v) is 10.6. The van der Waals surface area contributed by atoms with Crippen molar-refractivity contribution in [3.63, 3.8) is 0 Å². The number of anilines is 1. The maximum absolute atomic E-state index is 13.0. The molecule has 1 heterocycles. The van der Waals surface area contributed by atoms with Crippen LogP contribution in [0.1, 0.15) is 30.4 Å². The van der Waals surface area contributed by atoms with Crippen LogP contribution in [0.25, 0.3) is 0 Å². The number of guanidine groups is 1. The van der Waals surface area contributed by atoms with Crippen molar-refractivity contribution in [1.82, 2.24) is 4.31 Å². The summed E-state index contributed by atoms with van der Waals surface area (Å²) >= 11 is 0. The lowest BCUT2D eigenvalue weighted by atomic mass is 10.2. The van der Waals surface area contributed by atoms with E-state index in [1.165, 1.54) is 0 Å². The fourth-order valence-electron chi connectivity index (χ4n) is 3.13. The van der Waals surface area contributed by atoms with Gasteiger partial charge in [-0.3, -0.25) is 0 Å². The first-order valence-electron chi connectivity index (χ1n) is 9.18. The normalized spacial score (nSPS) is 15.7. The largest absolute Gasteiger partial charge is 0.370 e. The topological polar surface area (TPSA) is 87.8 Å². The maximum atomic E-state index is 13.0. The Balaban J connectivity index is 0.00000280. The molecule has 1 aliphatic heterocycles. The Kier molecular flexibility index (Phi) is 8.26. The van der Waals surface area contributed by atoms with Gasteiger partial charge in [-0.05, 0) is 43.5 Å². The van der Waals surface area contributed by atoms with Crippen molar-refractivity contribution >= 4 is 45.6 Å². The van der Waals surface area contributed by atoms with E-state index in [-0.39, 0.29) is 36.5 Å². The summed E-state index contributed by atoms with van der Waals surface area (Å²) in [6.07, 6.45) is 2.90. The van der Waals surface area contributed by atoms with Gasteiger partial charge in [-0.2, -0.15) is 4.31 Å². The number of aryl methyl sites for hydroxylation is 1. The lowest BCUT2D eigenvalue weighted by Crippen LogP contribution is -2.36. The molecule has 3 N–H and O–H groups in total. The number of nitrogens with zero attached hydrogens (tertiary/aromatic N) is 2. The van der Waals surface area contributed by atoms with Gasteiger partial charge in [-0.1, -0.05) is 42.3 Å². The Morgan fingerprint density at radius 1 is 1.07 bits per heavy atom. The van der Waals surface area contributed by atoms with Crippen LogP contribution in [0, 0.1) is 6.92 Å². The highest BCUT2D eigenvalue weighted by Crippen LogP contribution is 2.24. The summed E-state index contributed by atoms with van der Waals surface area (Å²) in [5, 5.41) is 3.03. The van der Waals surface area contributed by atoms with Crippen molar-refractivity contribution < 1.29 is 8.42 Å². The number of hydrogen-bond acceptors (Lipinski definition) is 3. The SMILES string of the molecule is Cc1ccc(NC(N)=NCc2ccccc2S(=O)(=O)N2CCCCC2)cc1.I. The highest BCUT2D eigenvalue weighted by molar-refractivity contribution is 14.0. The highest BCUT2D eigenvalue weighted by atomic mass is 127. The fourth-order valence-corrected chi connectivity index (χ4v) is 4.86. The van der Waals surface area contributed by atoms with E-state index in [1.807, 2.05) is 37.3 Å². The summed E-state index contributed by atoms with van der Waals surface area (Å²) in [4.78, 5) is 4.65. The average molecular weight is 514 g/mol. The van der Waals surface area contributed by atoms with E-state index in [0.29, 0.717) is 23.5 Å². The van der Waals surface area contributed by atoms with Crippen molar-refractivity contribution in [2.24, 2.45) is 10.7 Å². The summed E-state index contributed by atoms with van der Waals surface area (Å²) in [6, 6.07) is 14.8. The summed E-state index contributed by atoms with van der Waals surface area (Å²) in [7, 11) is -3.50. The van der Waals surface area contributed by atoms with E-state index in [2.05, 4.69) is 10.3 Å². The Hall–Kier alpha value is -1.65. The van der Waals surface area contributed by atoms with Crippen LogP contribution in [0.4, 0.5) is 5.69 Å². The van der Waals surface area contributed by atoms with Crippen LogP contribution < -0.4 is 11.1 Å². The molecule has 0 aromatic heterocycles. The monoisotopic (exact) mass is 514 g/mol. The molecule has 2 aromatic carbocycles. The lowest BCUT2D eigenvalue weighted by Gasteiger charge is -2.26. The predicted molar refractivity (Wildman–Crippen MR) is 125 cm³/mol. The van der Waals surface area contributed by atoms with Crippen LogP contribution in [0.3, 0.4) is 0 Å². The molecule has 0 bridgehead atoms. The van der Waals surface area contributed by atoms with Crippen LogP contribution in [0.15, 0.2) is 58.4 Å². The molecular weight excluding hydrogens is 487 g/mol. The van der Waals surface area contributed by atoms with Gasteiger partial charge in [0.15, 0.2) is 5.96 Å². The van der Waals surface area contributed by atoms with Gasteiger partial charge in [0.1, 0.15) is 0 Å². The van der Waals surface area contributed by atoms with Crippen LogP contribution in [-0.2, 0) is 16.6 Å². The van der Waals surface area contributed by atoms with E-state index >= 15 is 0 Å². The molecule has 3 rings (SSSR count). The van der Waals surface area contributed by atoms with Gasteiger partial charge in [0, 0.05) is 18.8 Å². The van der Waals surface area contributed by atoms with Gasteiger partial charge in [0.2, 0.25) is 10.0 Å². The third kappa shape index (κ3) is 5.68. The Bertz CT molecular complexity index is 908.